The molecular weight excluding hydrogens is 310 g/mol. The zero-order valence-corrected chi connectivity index (χ0v) is 13.2. The number of benzene rings is 2. The molecule has 126 valence electrons. The fourth-order valence-corrected chi connectivity index (χ4v) is 2.16. The molecule has 7 heteroatoms. The number of carbonyl (C=O) groups excluding carboxylic acids is 1. The summed E-state index contributed by atoms with van der Waals surface area (Å²) in [5.74, 6) is -1.03. The third-order valence-electron chi connectivity index (χ3n) is 3.28. The van der Waals surface area contributed by atoms with Crippen LogP contribution < -0.4 is 21.1 Å². The van der Waals surface area contributed by atoms with Crippen molar-refractivity contribution in [1.82, 2.24) is 0 Å². The summed E-state index contributed by atoms with van der Waals surface area (Å²) in [5, 5.41) is 14.8. The van der Waals surface area contributed by atoms with E-state index in [0.29, 0.717) is 30.3 Å². The molecule has 0 atom stereocenters. The van der Waals surface area contributed by atoms with E-state index in [2.05, 4.69) is 10.6 Å². The lowest BCUT2D eigenvalue weighted by Crippen LogP contribution is -2.16. The maximum absolute atomic E-state index is 12.4. The number of nitrogens with two attached hydrogens (primary N) is 1. The van der Waals surface area contributed by atoms with Crippen LogP contribution in [0.25, 0.3) is 0 Å². The van der Waals surface area contributed by atoms with E-state index in [9.17, 15) is 9.59 Å². The number of hydrogen-bond acceptors (Lipinski definition) is 5. The highest BCUT2D eigenvalue weighted by atomic mass is 16.5. The van der Waals surface area contributed by atoms with Crippen molar-refractivity contribution in [3.05, 3.63) is 53.6 Å². The van der Waals surface area contributed by atoms with Crippen LogP contribution >= 0.6 is 0 Å². The molecule has 2 rings (SSSR count). The van der Waals surface area contributed by atoms with Gasteiger partial charge < -0.3 is 26.2 Å². The average Bonchev–Trinajstić information content (AvgIpc) is 2.60. The highest BCUT2D eigenvalue weighted by Gasteiger charge is 2.16. The molecule has 0 unspecified atom stereocenters. The van der Waals surface area contributed by atoms with Gasteiger partial charge in [0.2, 0.25) is 0 Å². The summed E-state index contributed by atoms with van der Waals surface area (Å²) in [6.07, 6.45) is 0. The number of nitrogens with one attached hydrogen (secondary N) is 2. The van der Waals surface area contributed by atoms with Gasteiger partial charge in [0.1, 0.15) is 12.4 Å². The van der Waals surface area contributed by atoms with Crippen LogP contribution in [0.1, 0.15) is 20.7 Å². The Kier molecular flexibility index (Phi) is 5.75. The lowest BCUT2D eigenvalue weighted by molar-refractivity contribution is 0.0692. The Bertz CT molecular complexity index is 746. The summed E-state index contributed by atoms with van der Waals surface area (Å²) in [4.78, 5) is 23.6. The highest BCUT2D eigenvalue weighted by molar-refractivity contribution is 6.10. The third-order valence-corrected chi connectivity index (χ3v) is 3.28. The maximum atomic E-state index is 12.4. The van der Waals surface area contributed by atoms with E-state index >= 15 is 0 Å². The molecule has 0 aliphatic carbocycles. The molecule has 5 N–H and O–H groups in total. The second kappa shape index (κ2) is 7.98. The Hall–Kier alpha value is -3.06. The van der Waals surface area contributed by atoms with Crippen LogP contribution in [0, 0.1) is 0 Å². The average molecular weight is 329 g/mol. The molecule has 0 spiro atoms. The van der Waals surface area contributed by atoms with Crippen molar-refractivity contribution in [1.29, 1.82) is 0 Å². The van der Waals surface area contributed by atoms with Crippen LogP contribution in [-0.4, -0.2) is 37.2 Å². The van der Waals surface area contributed by atoms with Crippen molar-refractivity contribution >= 4 is 23.3 Å². The molecule has 0 aromatic heterocycles. The van der Waals surface area contributed by atoms with Crippen LogP contribution in [0.3, 0.4) is 0 Å². The van der Waals surface area contributed by atoms with Gasteiger partial charge in [0.15, 0.2) is 0 Å². The van der Waals surface area contributed by atoms with E-state index < -0.39 is 11.9 Å². The van der Waals surface area contributed by atoms with Crippen LogP contribution in [0.5, 0.6) is 5.75 Å². The first-order valence-electron chi connectivity index (χ1n) is 7.35. The third kappa shape index (κ3) is 4.02. The minimum atomic E-state index is -1.15. The predicted octanol–water partition coefficient (Wildman–Crippen LogP) is 2.02. The van der Waals surface area contributed by atoms with Gasteiger partial charge in [0.25, 0.3) is 5.91 Å². The van der Waals surface area contributed by atoms with E-state index in [0.717, 1.165) is 0 Å². The molecule has 2 aromatic carbocycles. The monoisotopic (exact) mass is 329 g/mol. The molecule has 1 amide bonds. The number of amides is 1. The minimum Gasteiger partial charge on any atom is -0.490 e. The second-order valence-electron chi connectivity index (χ2n) is 4.90. The summed E-state index contributed by atoms with van der Waals surface area (Å²) in [5.41, 5.74) is 6.67. The Morgan fingerprint density at radius 3 is 2.50 bits per heavy atom. The lowest BCUT2D eigenvalue weighted by atomic mass is 10.1. The Morgan fingerprint density at radius 1 is 1.17 bits per heavy atom. The number of carboxylic acids is 1. The Balaban J connectivity index is 2.22. The van der Waals surface area contributed by atoms with E-state index in [1.165, 1.54) is 12.1 Å². The van der Waals surface area contributed by atoms with Crippen molar-refractivity contribution in [3.63, 3.8) is 0 Å². The first-order valence-corrected chi connectivity index (χ1v) is 7.35. The van der Waals surface area contributed by atoms with Gasteiger partial charge in [0, 0.05) is 19.3 Å². The predicted molar refractivity (Wildman–Crippen MR) is 91.9 cm³/mol. The van der Waals surface area contributed by atoms with Crippen molar-refractivity contribution in [2.45, 2.75) is 0 Å². The lowest BCUT2D eigenvalue weighted by Gasteiger charge is -2.13. The number of aromatic carboxylic acids is 1. The number of rotatable bonds is 7. The molecule has 24 heavy (non-hydrogen) atoms. The zero-order chi connectivity index (χ0) is 17.5. The standard InChI is InChI=1S/C17H19N3O4/c1-19-14-10-11(6-7-15(14)24-9-8-18)20-16(21)12-4-2-3-5-13(12)17(22)23/h2-7,10,19H,8-9,18H2,1H3,(H,20,21)(H,22,23). The fourth-order valence-electron chi connectivity index (χ4n) is 2.16. The minimum absolute atomic E-state index is 0.0493. The number of carbonyl (C=O) groups is 2. The highest BCUT2D eigenvalue weighted by Crippen LogP contribution is 2.28. The van der Waals surface area contributed by atoms with Crippen LogP contribution in [0.15, 0.2) is 42.5 Å². The first kappa shape index (κ1) is 17.3. The van der Waals surface area contributed by atoms with Gasteiger partial charge in [-0.2, -0.15) is 0 Å². The molecule has 7 nitrogen and oxygen atoms in total. The van der Waals surface area contributed by atoms with Crippen LogP contribution in [0.2, 0.25) is 0 Å². The summed E-state index contributed by atoms with van der Waals surface area (Å²) < 4.78 is 5.49. The van der Waals surface area contributed by atoms with Gasteiger partial charge in [0.05, 0.1) is 16.8 Å². The normalized spacial score (nSPS) is 10.1. The first-order chi connectivity index (χ1) is 11.6. The topological polar surface area (TPSA) is 114 Å². The van der Waals surface area contributed by atoms with Gasteiger partial charge >= 0.3 is 5.97 Å². The Labute approximate surface area is 139 Å². The van der Waals surface area contributed by atoms with Crippen molar-refractivity contribution < 1.29 is 19.4 Å². The molecule has 0 bridgehead atoms. The van der Waals surface area contributed by atoms with Crippen molar-refractivity contribution in [3.8, 4) is 5.75 Å². The summed E-state index contributed by atoms with van der Waals surface area (Å²) in [6.45, 7) is 0.778. The molecule has 0 fully saturated rings. The maximum Gasteiger partial charge on any atom is 0.336 e. The zero-order valence-electron chi connectivity index (χ0n) is 13.2. The molecular formula is C17H19N3O4. The number of anilines is 2. The Morgan fingerprint density at radius 2 is 1.88 bits per heavy atom. The van der Waals surface area contributed by atoms with Crippen molar-refractivity contribution in [2.24, 2.45) is 5.73 Å². The summed E-state index contributed by atoms with van der Waals surface area (Å²) in [6, 6.07) is 11.1. The van der Waals surface area contributed by atoms with E-state index in [-0.39, 0.29) is 11.1 Å². The van der Waals surface area contributed by atoms with E-state index in [4.69, 9.17) is 15.6 Å². The van der Waals surface area contributed by atoms with Gasteiger partial charge in [-0.15, -0.1) is 0 Å². The van der Waals surface area contributed by atoms with Crippen LogP contribution in [-0.2, 0) is 0 Å². The molecule has 0 heterocycles. The smallest absolute Gasteiger partial charge is 0.336 e. The quantitative estimate of drug-likeness (QED) is 0.618. The number of carboxylic acid groups (broad SMARTS) is 1. The van der Waals surface area contributed by atoms with Gasteiger partial charge in [-0.3, -0.25) is 4.79 Å². The molecule has 0 saturated heterocycles. The largest absolute Gasteiger partial charge is 0.490 e. The van der Waals surface area contributed by atoms with Gasteiger partial charge in [-0.25, -0.2) is 4.79 Å². The second-order valence-corrected chi connectivity index (χ2v) is 4.90. The molecule has 2 aromatic rings. The summed E-state index contributed by atoms with van der Waals surface area (Å²) >= 11 is 0. The molecule has 0 aliphatic rings. The van der Waals surface area contributed by atoms with Crippen LogP contribution in [0.4, 0.5) is 11.4 Å². The van der Waals surface area contributed by atoms with Gasteiger partial charge in [-0.1, -0.05) is 12.1 Å². The van der Waals surface area contributed by atoms with Gasteiger partial charge in [-0.05, 0) is 30.3 Å². The number of ether oxygens (including phenoxy) is 1. The van der Waals surface area contributed by atoms with Crippen molar-refractivity contribution in [2.75, 3.05) is 30.8 Å². The summed E-state index contributed by atoms with van der Waals surface area (Å²) in [7, 11) is 1.73. The fraction of sp³-hybridized carbons (Fsp3) is 0.176. The van der Waals surface area contributed by atoms with E-state index in [1.807, 2.05) is 0 Å². The molecule has 0 radical (unpaired) electrons. The molecule has 0 aliphatic heterocycles. The molecule has 0 saturated carbocycles. The SMILES string of the molecule is CNc1cc(NC(=O)c2ccccc2C(=O)O)ccc1OCCN. The van der Waals surface area contributed by atoms with E-state index in [1.54, 1.807) is 37.4 Å². The number of hydrogen-bond donors (Lipinski definition) is 4.